The molecule has 0 saturated heterocycles. The maximum atomic E-state index is 10.8. The molecule has 0 atom stereocenters. The molecule has 0 saturated carbocycles. The summed E-state index contributed by atoms with van der Waals surface area (Å²) in [5.74, 6) is 0. The highest BCUT2D eigenvalue weighted by Crippen LogP contribution is 2.22. The van der Waals surface area contributed by atoms with E-state index in [-0.39, 0.29) is 10.0 Å². The minimum Gasteiger partial charge on any atom is -0.255 e. The Morgan fingerprint density at radius 2 is 2.18 bits per heavy atom. The lowest BCUT2D eigenvalue weighted by Crippen LogP contribution is -2.01. The monoisotopic (exact) mass is 214 g/mol. The highest BCUT2D eigenvalue weighted by molar-refractivity contribution is 8.13. The lowest BCUT2D eigenvalue weighted by Gasteiger charge is -1.95. The van der Waals surface area contributed by atoms with Crippen LogP contribution >= 0.6 is 22.3 Å². The summed E-state index contributed by atoms with van der Waals surface area (Å²) in [6.45, 7) is 0. The van der Waals surface area contributed by atoms with Crippen molar-refractivity contribution in [2.45, 2.75) is 5.03 Å². The summed E-state index contributed by atoms with van der Waals surface area (Å²) in [6, 6.07) is 0. The van der Waals surface area contributed by atoms with Crippen molar-refractivity contribution in [3.63, 3.8) is 0 Å². The van der Waals surface area contributed by atoms with Crippen LogP contribution in [-0.2, 0) is 16.1 Å². The lowest BCUT2D eigenvalue weighted by molar-refractivity contribution is 0.590. The molecule has 0 fully saturated rings. The average molecular weight is 215 g/mol. The molecule has 11 heavy (non-hydrogen) atoms. The van der Waals surface area contributed by atoms with Crippen molar-refractivity contribution in [1.29, 1.82) is 0 Å². The van der Waals surface area contributed by atoms with Gasteiger partial charge in [0.25, 0.3) is 9.05 Å². The van der Waals surface area contributed by atoms with E-state index >= 15 is 0 Å². The number of hydrogen-bond acceptors (Lipinski definition) is 3. The number of aromatic nitrogens is 2. The molecule has 1 aromatic rings. The largest absolute Gasteiger partial charge is 0.279 e. The van der Waals surface area contributed by atoms with Crippen molar-refractivity contribution < 1.29 is 8.42 Å². The first-order valence-electron chi connectivity index (χ1n) is 2.55. The van der Waals surface area contributed by atoms with Gasteiger partial charge in [0.1, 0.15) is 0 Å². The Labute approximate surface area is 73.1 Å². The molecule has 0 aromatic carbocycles. The molecular weight excluding hydrogens is 211 g/mol. The Bertz CT molecular complexity index is 350. The third-order valence-electron chi connectivity index (χ3n) is 1.07. The number of hydrogen-bond donors (Lipinski definition) is 0. The molecule has 4 nitrogen and oxygen atoms in total. The van der Waals surface area contributed by atoms with Crippen molar-refractivity contribution in [2.24, 2.45) is 7.05 Å². The molecule has 1 heterocycles. The van der Waals surface area contributed by atoms with E-state index in [9.17, 15) is 8.42 Å². The van der Waals surface area contributed by atoms with Crippen molar-refractivity contribution >= 4 is 31.3 Å². The quantitative estimate of drug-likeness (QED) is 0.656. The third kappa shape index (κ3) is 1.66. The number of halogens is 2. The van der Waals surface area contributed by atoms with Crippen molar-refractivity contribution in [2.75, 3.05) is 0 Å². The molecule has 0 bridgehead atoms. The van der Waals surface area contributed by atoms with Crippen LogP contribution in [0.5, 0.6) is 0 Å². The van der Waals surface area contributed by atoms with Crippen LogP contribution in [0.15, 0.2) is 11.2 Å². The highest BCUT2D eigenvalue weighted by Gasteiger charge is 2.19. The Hall–Kier alpha value is -0.260. The second-order valence-electron chi connectivity index (χ2n) is 1.86. The molecule has 0 N–H and O–H groups in total. The molecule has 7 heteroatoms. The van der Waals surface area contributed by atoms with Gasteiger partial charge in [-0.2, -0.15) is 5.10 Å². The predicted molar refractivity (Wildman–Crippen MR) is 41.3 cm³/mol. The fourth-order valence-electron chi connectivity index (χ4n) is 0.674. The molecule has 0 aliphatic rings. The standard InChI is InChI=1S/C4H4Cl2N2O2S/c1-8-4(11(6,9)10)3(5)2-7-8/h2H,1H3. The number of nitrogens with zero attached hydrogens (tertiary/aromatic N) is 2. The fourth-order valence-corrected chi connectivity index (χ4v) is 2.46. The summed E-state index contributed by atoms with van der Waals surface area (Å²) in [7, 11) is 2.70. The van der Waals surface area contributed by atoms with Crippen LogP contribution in [0.2, 0.25) is 5.02 Å². The first-order valence-corrected chi connectivity index (χ1v) is 5.24. The molecule has 0 aliphatic heterocycles. The maximum absolute atomic E-state index is 10.8. The van der Waals surface area contributed by atoms with Crippen LogP contribution < -0.4 is 0 Å². The summed E-state index contributed by atoms with van der Waals surface area (Å²) in [5.41, 5.74) is 0. The topological polar surface area (TPSA) is 52.0 Å². The Morgan fingerprint density at radius 1 is 1.64 bits per heavy atom. The molecule has 0 spiro atoms. The SMILES string of the molecule is Cn1ncc(Cl)c1S(=O)(=O)Cl. The number of rotatable bonds is 1. The molecule has 62 valence electrons. The molecular formula is C4H4Cl2N2O2S. The third-order valence-corrected chi connectivity index (χ3v) is 2.85. The van der Waals surface area contributed by atoms with Crippen LogP contribution in [0.1, 0.15) is 0 Å². The van der Waals surface area contributed by atoms with Gasteiger partial charge in [-0.15, -0.1) is 0 Å². The molecule has 0 amide bonds. The smallest absolute Gasteiger partial charge is 0.255 e. The molecule has 1 rings (SSSR count). The first kappa shape index (κ1) is 8.83. The van der Waals surface area contributed by atoms with Gasteiger partial charge in [-0.1, -0.05) is 11.6 Å². The van der Waals surface area contributed by atoms with E-state index in [0.29, 0.717) is 0 Å². The van der Waals surface area contributed by atoms with E-state index in [0.717, 1.165) is 4.68 Å². The zero-order valence-electron chi connectivity index (χ0n) is 5.45. The van der Waals surface area contributed by atoms with Gasteiger partial charge in [0, 0.05) is 17.7 Å². The van der Waals surface area contributed by atoms with Gasteiger partial charge in [0.15, 0.2) is 5.03 Å². The molecule has 0 unspecified atom stereocenters. The van der Waals surface area contributed by atoms with Gasteiger partial charge in [-0.25, -0.2) is 8.42 Å². The lowest BCUT2D eigenvalue weighted by atomic mass is 10.7. The van der Waals surface area contributed by atoms with Crippen LogP contribution in [0.3, 0.4) is 0 Å². The van der Waals surface area contributed by atoms with Crippen LogP contribution in [0.25, 0.3) is 0 Å². The van der Waals surface area contributed by atoms with Gasteiger partial charge in [0.05, 0.1) is 11.2 Å². The van der Waals surface area contributed by atoms with Crippen molar-refractivity contribution in [3.05, 3.63) is 11.2 Å². The van der Waals surface area contributed by atoms with Crippen molar-refractivity contribution in [1.82, 2.24) is 9.78 Å². The maximum Gasteiger partial charge on any atom is 0.279 e. The summed E-state index contributed by atoms with van der Waals surface area (Å²) in [5, 5.41) is 3.45. The van der Waals surface area contributed by atoms with Crippen LogP contribution in [-0.4, -0.2) is 18.2 Å². The number of aryl methyl sites for hydroxylation is 1. The Balaban J connectivity index is 3.45. The van der Waals surface area contributed by atoms with E-state index < -0.39 is 9.05 Å². The summed E-state index contributed by atoms with van der Waals surface area (Å²) in [6.07, 6.45) is 1.22. The minimum absolute atomic E-state index is 0.0301. The van der Waals surface area contributed by atoms with E-state index in [1.54, 1.807) is 0 Å². The van der Waals surface area contributed by atoms with E-state index in [1.807, 2.05) is 0 Å². The minimum atomic E-state index is -3.78. The zero-order chi connectivity index (χ0) is 8.65. The average Bonchev–Trinajstić information content (AvgIpc) is 2.08. The van der Waals surface area contributed by atoms with E-state index in [2.05, 4.69) is 5.10 Å². The van der Waals surface area contributed by atoms with Crippen LogP contribution in [0.4, 0.5) is 0 Å². The van der Waals surface area contributed by atoms with Crippen LogP contribution in [0, 0.1) is 0 Å². The van der Waals surface area contributed by atoms with Gasteiger partial charge in [0.2, 0.25) is 0 Å². The normalized spacial score (nSPS) is 11.9. The fraction of sp³-hybridized carbons (Fsp3) is 0.250. The van der Waals surface area contributed by atoms with Gasteiger partial charge in [-0.3, -0.25) is 4.68 Å². The Kier molecular flexibility index (Phi) is 2.13. The molecule has 0 aliphatic carbocycles. The first-order chi connectivity index (χ1) is 4.93. The summed E-state index contributed by atoms with van der Waals surface area (Å²) >= 11 is 5.48. The van der Waals surface area contributed by atoms with Gasteiger partial charge >= 0.3 is 0 Å². The van der Waals surface area contributed by atoms with Gasteiger partial charge < -0.3 is 0 Å². The second kappa shape index (κ2) is 2.66. The molecule has 1 aromatic heterocycles. The zero-order valence-corrected chi connectivity index (χ0v) is 7.78. The second-order valence-corrected chi connectivity index (χ2v) is 4.75. The van der Waals surface area contributed by atoms with Gasteiger partial charge in [-0.05, 0) is 0 Å². The Morgan fingerprint density at radius 3 is 2.36 bits per heavy atom. The molecule has 0 radical (unpaired) electrons. The summed E-state index contributed by atoms with van der Waals surface area (Å²) in [4.78, 5) is 0. The van der Waals surface area contributed by atoms with Crippen molar-refractivity contribution in [3.8, 4) is 0 Å². The summed E-state index contributed by atoms with van der Waals surface area (Å²) < 4.78 is 22.6. The van der Waals surface area contributed by atoms with E-state index in [4.69, 9.17) is 22.3 Å². The highest BCUT2D eigenvalue weighted by atomic mass is 35.7. The van der Waals surface area contributed by atoms with E-state index in [1.165, 1.54) is 13.2 Å². The predicted octanol–water partition coefficient (Wildman–Crippen LogP) is 1.00.